The van der Waals surface area contributed by atoms with Crippen LogP contribution in [0.1, 0.15) is 6.92 Å². The molecule has 1 rings (SSSR count). The van der Waals surface area contributed by atoms with Crippen LogP contribution in [0.4, 0.5) is 162 Å². The molecule has 1 saturated carbocycles. The molecule has 1 aliphatic carbocycles. The molecule has 0 heterocycles. The highest BCUT2D eigenvalue weighted by Crippen LogP contribution is 2.75. The van der Waals surface area contributed by atoms with Gasteiger partial charge in [0.25, 0.3) is 0 Å². The quantitative estimate of drug-likeness (QED) is 0.117. The molecule has 0 radical (unpaired) electrons. The highest BCUT2D eigenvalue weighted by atomic mass is 19.4. The topological polar surface area (TPSA) is 26.3 Å². The van der Waals surface area contributed by atoms with Crippen LogP contribution in [0, 0.1) is 0 Å². The molecule has 0 aromatic rings. The highest BCUT2D eigenvalue weighted by molar-refractivity contribution is 5.87. The van der Waals surface area contributed by atoms with Crippen LogP contribution in [-0.2, 0) is 9.53 Å². The lowest BCUT2D eigenvalue weighted by atomic mass is 9.69. The van der Waals surface area contributed by atoms with Gasteiger partial charge in [0.2, 0.25) is 0 Å². The first kappa shape index (κ1) is 56.6. The number of carbonyl (C=O) groups excluding carboxylic acids is 1. The fraction of sp³-hybridized carbons (Fsp3) is 0.870. The van der Waals surface area contributed by atoms with Gasteiger partial charge in [0.05, 0.1) is 0 Å². The second kappa shape index (κ2) is 13.4. The van der Waals surface area contributed by atoms with Crippen molar-refractivity contribution in [1.29, 1.82) is 0 Å². The molecule has 62 heavy (non-hydrogen) atoms. The summed E-state index contributed by atoms with van der Waals surface area (Å²) in [6.07, 6.45) is -7.98. The Balaban J connectivity index is 4.66. The molecule has 1 fully saturated rings. The molecule has 39 heteroatoms. The van der Waals surface area contributed by atoms with E-state index in [9.17, 15) is 163 Å². The van der Waals surface area contributed by atoms with Gasteiger partial charge in [0.1, 0.15) is 0 Å². The molecule has 0 N–H and O–H groups in total. The minimum Gasteiger partial charge on any atom is -0.393 e. The summed E-state index contributed by atoms with van der Waals surface area (Å²) in [6.45, 7) is 2.22. The van der Waals surface area contributed by atoms with E-state index in [0.717, 1.165) is 0 Å². The summed E-state index contributed by atoms with van der Waals surface area (Å²) in [5.74, 6) is -179. The molecule has 368 valence electrons. The summed E-state index contributed by atoms with van der Waals surface area (Å²) >= 11 is 0. The fourth-order valence-electron chi connectivity index (χ4n) is 4.25. The van der Waals surface area contributed by atoms with Crippen molar-refractivity contribution in [3.8, 4) is 0 Å². The minimum atomic E-state index is -11.5. The molecular weight excluding hydrogens is 1010 g/mol. The fourth-order valence-corrected chi connectivity index (χ4v) is 4.25. The lowest BCUT2D eigenvalue weighted by Crippen LogP contribution is -2.88. The van der Waals surface area contributed by atoms with Crippen LogP contribution in [0.2, 0.25) is 0 Å². The molecule has 1 aliphatic rings. The van der Waals surface area contributed by atoms with Crippen molar-refractivity contribution in [2.24, 2.45) is 0 Å². The van der Waals surface area contributed by atoms with Gasteiger partial charge in [-0.1, -0.05) is 6.58 Å². The van der Waals surface area contributed by atoms with Crippen molar-refractivity contribution >= 4 is 5.97 Å². The molecule has 0 unspecified atom stereocenters. The molecule has 0 bridgehead atoms. The number of hydrogen-bond acceptors (Lipinski definition) is 2. The van der Waals surface area contributed by atoms with Crippen LogP contribution in [0.15, 0.2) is 12.2 Å². The zero-order chi connectivity index (χ0) is 51.4. The van der Waals surface area contributed by atoms with Crippen molar-refractivity contribution in [3.63, 3.8) is 0 Å². The summed E-state index contributed by atoms with van der Waals surface area (Å²) in [6, 6.07) is 0. The van der Waals surface area contributed by atoms with Crippen LogP contribution in [-0.4, -0.2) is 118 Å². The molecule has 0 spiro atoms. The van der Waals surface area contributed by atoms with Crippen LogP contribution in [0.5, 0.6) is 0 Å². The Bertz CT molecular complexity index is 1710. The second-order valence-electron chi connectivity index (χ2n) is 12.1. The third kappa shape index (κ3) is 5.62. The van der Waals surface area contributed by atoms with E-state index in [1.807, 2.05) is 0 Å². The number of hydrogen-bond donors (Lipinski definition) is 0. The molecule has 0 atom stereocenters. The van der Waals surface area contributed by atoms with Crippen LogP contribution in [0.25, 0.3) is 0 Å². The number of halogens is 37. The number of rotatable bonds is 11. The normalized spacial score (nSPS) is 25.1. The van der Waals surface area contributed by atoms with E-state index in [1.165, 1.54) is 0 Å². The standard InChI is InChI=1S/C23H5F37O2/c1-3(2)4(61)62-23(59,60)22(57,58)21(55,56)20(53,54)19(51,52)17(47,48)14(41,42)11(35,36)8(29,30)5(24)6(25,26)9(31,32)12(37,38)15(43,44)18(49,50)16(45,46)13(39,40)10(33,34)7(5,27)28/h1H2,2H3. The Morgan fingerprint density at radius 1 is 0.339 bits per heavy atom. The summed E-state index contributed by atoms with van der Waals surface area (Å²) in [4.78, 5) is 10.9. The summed E-state index contributed by atoms with van der Waals surface area (Å²) in [5, 5.41) is 0. The number of esters is 1. The maximum absolute atomic E-state index is 15.3. The van der Waals surface area contributed by atoms with Gasteiger partial charge in [-0.2, -0.15) is 158 Å². The van der Waals surface area contributed by atoms with Gasteiger partial charge in [-0.25, -0.2) is 9.18 Å². The number of ether oxygens (including phenoxy) is 1. The van der Waals surface area contributed by atoms with Gasteiger partial charge in [-0.15, -0.1) is 0 Å². The highest BCUT2D eigenvalue weighted by Gasteiger charge is 3.08. The average molecular weight is 1020 g/mol. The molecule has 0 saturated heterocycles. The van der Waals surface area contributed by atoms with Crippen LogP contribution >= 0.6 is 0 Å². The Morgan fingerprint density at radius 2 is 0.516 bits per heavy atom. The number of alkyl halides is 37. The predicted molar refractivity (Wildman–Crippen MR) is 114 cm³/mol. The van der Waals surface area contributed by atoms with Gasteiger partial charge < -0.3 is 4.74 Å². The van der Waals surface area contributed by atoms with E-state index in [2.05, 4.69) is 11.3 Å². The summed E-state index contributed by atoms with van der Waals surface area (Å²) in [7, 11) is 0. The maximum atomic E-state index is 15.3. The maximum Gasteiger partial charge on any atom is 0.473 e. The Labute approximate surface area is 310 Å². The van der Waals surface area contributed by atoms with E-state index in [-0.39, 0.29) is 6.92 Å². The van der Waals surface area contributed by atoms with Gasteiger partial charge >= 0.3 is 118 Å². The zero-order valence-corrected chi connectivity index (χ0v) is 27.0. The molecule has 0 aliphatic heterocycles. The minimum absolute atomic E-state index is 0.0191. The van der Waals surface area contributed by atoms with Crippen molar-refractivity contribution in [3.05, 3.63) is 12.2 Å². The molecule has 0 aromatic heterocycles. The van der Waals surface area contributed by atoms with Crippen LogP contribution in [0.3, 0.4) is 0 Å². The van der Waals surface area contributed by atoms with E-state index in [4.69, 9.17) is 0 Å². The molecular formula is C23H5F37O2. The van der Waals surface area contributed by atoms with Gasteiger partial charge in [-0.3, -0.25) is 0 Å². The summed E-state index contributed by atoms with van der Waals surface area (Å²) < 4.78 is 526. The van der Waals surface area contributed by atoms with E-state index < -0.39 is 124 Å². The molecule has 2 nitrogen and oxygen atoms in total. The number of carbonyl (C=O) groups is 1. The van der Waals surface area contributed by atoms with E-state index in [1.54, 1.807) is 0 Å². The molecule has 0 aromatic carbocycles. The average Bonchev–Trinajstić information content (AvgIpc) is 3.05. The van der Waals surface area contributed by atoms with Crippen LogP contribution < -0.4 is 0 Å². The SMILES string of the molecule is C=C(C)C(=O)OC(F)(F)C(F)(F)C(F)(F)C(F)(F)C(F)(F)C(F)(F)C(F)(F)C(F)(F)C(F)(F)C1(F)C(F)(F)C(F)(F)C(F)(F)C(F)(F)C(F)(F)C(F)(F)C(F)(F)C(F)(F)C1(F)F. The Hall–Kier alpha value is -3.38. The Morgan fingerprint density at radius 3 is 0.726 bits per heavy atom. The third-order valence-electron chi connectivity index (χ3n) is 8.15. The first-order chi connectivity index (χ1) is 26.1. The lowest BCUT2D eigenvalue weighted by molar-refractivity contribution is -0.521. The Kier molecular flexibility index (Phi) is 12.2. The van der Waals surface area contributed by atoms with E-state index in [0.29, 0.717) is 0 Å². The van der Waals surface area contributed by atoms with Crippen molar-refractivity contribution in [2.45, 2.75) is 119 Å². The summed E-state index contributed by atoms with van der Waals surface area (Å²) in [5.41, 5.74) is -13.2. The smallest absolute Gasteiger partial charge is 0.393 e. The van der Waals surface area contributed by atoms with Gasteiger partial charge in [0.15, 0.2) is 0 Å². The van der Waals surface area contributed by atoms with Crippen molar-refractivity contribution in [2.75, 3.05) is 0 Å². The largest absolute Gasteiger partial charge is 0.473 e. The third-order valence-corrected chi connectivity index (χ3v) is 8.15. The predicted octanol–water partition coefficient (Wildman–Crippen LogP) is 12.2. The first-order valence-electron chi connectivity index (χ1n) is 13.5. The van der Waals surface area contributed by atoms with Crippen molar-refractivity contribution < 1.29 is 172 Å². The van der Waals surface area contributed by atoms with Gasteiger partial charge in [-0.05, 0) is 6.92 Å². The lowest BCUT2D eigenvalue weighted by Gasteiger charge is -2.54. The second-order valence-corrected chi connectivity index (χ2v) is 12.1. The van der Waals surface area contributed by atoms with Crippen molar-refractivity contribution in [1.82, 2.24) is 0 Å². The van der Waals surface area contributed by atoms with E-state index >= 15 is 4.39 Å². The first-order valence-corrected chi connectivity index (χ1v) is 13.5. The molecule has 0 amide bonds. The van der Waals surface area contributed by atoms with Gasteiger partial charge in [0, 0.05) is 5.57 Å². The zero-order valence-electron chi connectivity index (χ0n) is 27.0. The monoisotopic (exact) mass is 1020 g/mol.